The predicted molar refractivity (Wildman–Crippen MR) is 79.9 cm³/mol. The van der Waals surface area contributed by atoms with Crippen LogP contribution in [0.25, 0.3) is 0 Å². The van der Waals surface area contributed by atoms with Gasteiger partial charge in [-0.25, -0.2) is 0 Å². The van der Waals surface area contributed by atoms with Gasteiger partial charge in [0.15, 0.2) is 0 Å². The van der Waals surface area contributed by atoms with Crippen LogP contribution in [0.3, 0.4) is 0 Å². The van der Waals surface area contributed by atoms with Crippen molar-refractivity contribution in [2.24, 2.45) is 27.1 Å². The van der Waals surface area contributed by atoms with Crippen molar-refractivity contribution in [1.29, 1.82) is 0 Å². The molecule has 1 heteroatoms. The number of hydrogen-bond donors (Lipinski definition) is 1. The smallest absolute Gasteiger partial charge is 0.0802 e. The Hall–Kier alpha value is -0.0400. The molecule has 0 aromatic carbocycles. The van der Waals surface area contributed by atoms with Crippen LogP contribution in [0.2, 0.25) is 0 Å². The van der Waals surface area contributed by atoms with Crippen molar-refractivity contribution in [1.82, 2.24) is 0 Å². The van der Waals surface area contributed by atoms with E-state index in [0.29, 0.717) is 10.8 Å². The van der Waals surface area contributed by atoms with Gasteiger partial charge in [0.2, 0.25) is 0 Å². The van der Waals surface area contributed by atoms with Crippen molar-refractivity contribution in [3.8, 4) is 0 Å². The molecule has 1 N–H and O–H groups in total. The lowest BCUT2D eigenvalue weighted by Gasteiger charge is -2.77. The number of aliphatic hydroxyl groups is 1. The van der Waals surface area contributed by atoms with E-state index in [4.69, 9.17) is 0 Å². The van der Waals surface area contributed by atoms with Gasteiger partial charge in [-0.05, 0) is 59.2 Å². The molecule has 0 aromatic rings. The third-order valence-corrected chi connectivity index (χ3v) is 6.95. The Morgan fingerprint density at radius 3 is 1.26 bits per heavy atom. The van der Waals surface area contributed by atoms with Crippen LogP contribution in [0.15, 0.2) is 0 Å². The molecular formula is C18H32O. The van der Waals surface area contributed by atoms with Crippen LogP contribution in [0.1, 0.15) is 80.6 Å². The molecule has 4 fully saturated rings. The summed E-state index contributed by atoms with van der Waals surface area (Å²) in [6.45, 7) is 16.4. The fourth-order valence-electron chi connectivity index (χ4n) is 8.35. The van der Waals surface area contributed by atoms with Gasteiger partial charge in [-0.3, -0.25) is 0 Å². The minimum atomic E-state index is -0.535. The molecular weight excluding hydrogens is 232 g/mol. The lowest BCUT2D eigenvalue weighted by atomic mass is 9.29. The summed E-state index contributed by atoms with van der Waals surface area (Å²) in [5, 5.41) is 11.9. The monoisotopic (exact) mass is 264 g/mol. The Morgan fingerprint density at radius 1 is 0.684 bits per heavy atom. The minimum absolute atomic E-state index is 0.0451. The van der Waals surface area contributed by atoms with Crippen molar-refractivity contribution in [3.05, 3.63) is 0 Å². The molecule has 0 heterocycles. The van der Waals surface area contributed by atoms with Crippen LogP contribution < -0.4 is 0 Å². The maximum Gasteiger partial charge on any atom is 0.0802 e. The predicted octanol–water partition coefficient (Wildman–Crippen LogP) is 4.78. The zero-order valence-electron chi connectivity index (χ0n) is 14.0. The van der Waals surface area contributed by atoms with Gasteiger partial charge in [0.25, 0.3) is 0 Å². The summed E-state index contributed by atoms with van der Waals surface area (Å²) in [7, 11) is 0. The molecule has 0 unspecified atom stereocenters. The summed E-state index contributed by atoms with van der Waals surface area (Å²) < 4.78 is 0. The second kappa shape index (κ2) is 3.08. The Bertz CT molecular complexity index is 383. The zero-order chi connectivity index (χ0) is 14.5. The van der Waals surface area contributed by atoms with E-state index in [1.54, 1.807) is 0 Å². The van der Waals surface area contributed by atoms with E-state index >= 15 is 0 Å². The Balaban J connectivity index is 2.22. The van der Waals surface area contributed by atoms with Crippen molar-refractivity contribution in [2.75, 3.05) is 0 Å². The zero-order valence-corrected chi connectivity index (χ0v) is 14.0. The van der Waals surface area contributed by atoms with E-state index in [1.165, 1.54) is 32.1 Å². The van der Waals surface area contributed by atoms with E-state index in [2.05, 4.69) is 48.5 Å². The summed E-state index contributed by atoms with van der Waals surface area (Å²) in [6.07, 6.45) is 6.20. The van der Waals surface area contributed by atoms with Crippen molar-refractivity contribution < 1.29 is 5.11 Å². The Morgan fingerprint density at radius 2 is 1.00 bits per heavy atom. The van der Waals surface area contributed by atoms with E-state index in [-0.39, 0.29) is 16.2 Å². The van der Waals surface area contributed by atoms with Crippen molar-refractivity contribution in [2.45, 2.75) is 86.2 Å². The standard InChI is InChI=1S/C18H32O/c1-13(2,3)18(19)16(6)9-14(4)8-15(5,11-16)12-17(18,7)10-14/h19H,8-12H2,1-7H3. The van der Waals surface area contributed by atoms with E-state index in [1.807, 2.05) is 0 Å². The molecule has 110 valence electrons. The largest absolute Gasteiger partial charge is 0.388 e. The normalized spacial score (nSPS) is 60.6. The highest BCUT2D eigenvalue weighted by Gasteiger charge is 2.76. The van der Waals surface area contributed by atoms with Crippen molar-refractivity contribution in [3.63, 3.8) is 0 Å². The Labute approximate surface area is 119 Å². The van der Waals surface area contributed by atoms with Gasteiger partial charge in [0, 0.05) is 0 Å². The van der Waals surface area contributed by atoms with E-state index < -0.39 is 5.60 Å². The topological polar surface area (TPSA) is 20.2 Å². The SMILES string of the molecule is CC12CC3(C)CC(C)(C1)C(O)(C(C)(C)C)C(C)(C2)C3. The quantitative estimate of drug-likeness (QED) is 0.667. The molecule has 0 aromatic heterocycles. The van der Waals surface area contributed by atoms with Gasteiger partial charge in [-0.2, -0.15) is 0 Å². The molecule has 4 bridgehead atoms. The molecule has 0 saturated heterocycles. The van der Waals surface area contributed by atoms with Gasteiger partial charge in [-0.1, -0.05) is 48.5 Å². The first-order valence-electron chi connectivity index (χ1n) is 8.01. The molecule has 4 saturated carbocycles. The second-order valence-corrected chi connectivity index (χ2v) is 10.6. The van der Waals surface area contributed by atoms with Crippen LogP contribution >= 0.6 is 0 Å². The first-order valence-corrected chi connectivity index (χ1v) is 8.01. The highest BCUT2D eigenvalue weighted by molar-refractivity contribution is 5.25. The van der Waals surface area contributed by atoms with Crippen LogP contribution in [-0.2, 0) is 0 Å². The van der Waals surface area contributed by atoms with Crippen molar-refractivity contribution >= 4 is 0 Å². The maximum absolute atomic E-state index is 11.9. The number of rotatable bonds is 0. The molecule has 0 spiro atoms. The van der Waals surface area contributed by atoms with Gasteiger partial charge in [0.05, 0.1) is 5.60 Å². The van der Waals surface area contributed by atoms with Gasteiger partial charge in [0.1, 0.15) is 0 Å². The van der Waals surface area contributed by atoms with E-state index in [0.717, 1.165) is 0 Å². The molecule has 19 heavy (non-hydrogen) atoms. The molecule has 0 amide bonds. The first kappa shape index (κ1) is 13.9. The first-order chi connectivity index (χ1) is 8.29. The summed E-state index contributed by atoms with van der Waals surface area (Å²) in [5.74, 6) is 0. The molecule has 0 atom stereocenters. The average molecular weight is 264 g/mol. The average Bonchev–Trinajstić information content (AvgIpc) is 2.05. The fourth-order valence-corrected chi connectivity index (χ4v) is 8.35. The summed E-state index contributed by atoms with van der Waals surface area (Å²) in [6, 6.07) is 0. The molecule has 1 nitrogen and oxygen atoms in total. The fraction of sp³-hybridized carbons (Fsp3) is 1.00. The summed E-state index contributed by atoms with van der Waals surface area (Å²) in [4.78, 5) is 0. The molecule has 4 aliphatic rings. The summed E-state index contributed by atoms with van der Waals surface area (Å²) >= 11 is 0. The third-order valence-electron chi connectivity index (χ3n) is 6.95. The van der Waals surface area contributed by atoms with Crippen LogP contribution in [0.4, 0.5) is 0 Å². The Kier molecular flexibility index (Phi) is 2.26. The molecule has 4 rings (SSSR count). The molecule has 0 aliphatic heterocycles. The highest BCUT2D eigenvalue weighted by Crippen LogP contribution is 2.79. The molecule has 0 radical (unpaired) electrons. The van der Waals surface area contributed by atoms with Crippen LogP contribution in [0, 0.1) is 27.1 Å². The lowest BCUT2D eigenvalue weighted by Crippen LogP contribution is -2.76. The lowest BCUT2D eigenvalue weighted by molar-refractivity contribution is -0.338. The van der Waals surface area contributed by atoms with E-state index in [9.17, 15) is 5.11 Å². The van der Waals surface area contributed by atoms with Gasteiger partial charge >= 0.3 is 0 Å². The van der Waals surface area contributed by atoms with Gasteiger partial charge in [-0.15, -0.1) is 0 Å². The summed E-state index contributed by atoms with van der Waals surface area (Å²) in [5.41, 5.74) is 0.484. The second-order valence-electron chi connectivity index (χ2n) is 10.6. The van der Waals surface area contributed by atoms with Crippen LogP contribution in [-0.4, -0.2) is 10.7 Å². The number of hydrogen-bond acceptors (Lipinski definition) is 1. The van der Waals surface area contributed by atoms with Gasteiger partial charge < -0.3 is 5.11 Å². The third kappa shape index (κ3) is 1.41. The minimum Gasteiger partial charge on any atom is -0.388 e. The maximum atomic E-state index is 11.9. The van der Waals surface area contributed by atoms with Crippen LogP contribution in [0.5, 0.6) is 0 Å². The highest BCUT2D eigenvalue weighted by atomic mass is 16.3. The molecule has 4 aliphatic carbocycles.